The van der Waals surface area contributed by atoms with Gasteiger partial charge in [-0.2, -0.15) is 0 Å². The van der Waals surface area contributed by atoms with Crippen LogP contribution in [-0.4, -0.2) is 62.7 Å². The van der Waals surface area contributed by atoms with Crippen LogP contribution in [0.25, 0.3) is 0 Å². The van der Waals surface area contributed by atoms with E-state index in [4.69, 9.17) is 16.3 Å². The normalized spacial score (nSPS) is 31.4. The third-order valence-corrected chi connectivity index (χ3v) is 11.7. The fourth-order valence-corrected chi connectivity index (χ4v) is 9.22. The van der Waals surface area contributed by atoms with E-state index in [9.17, 15) is 23.4 Å². The number of hydrogen-bond acceptors (Lipinski definition) is 7. The second kappa shape index (κ2) is 12.0. The first-order valence-electron chi connectivity index (χ1n) is 15.3. The zero-order valence-electron chi connectivity index (χ0n) is 23.9. The van der Waals surface area contributed by atoms with E-state index in [1.54, 1.807) is 18.2 Å². The number of anilines is 1. The quantitative estimate of drug-likeness (QED) is 0.434. The second-order valence-corrected chi connectivity index (χ2v) is 15.1. The lowest BCUT2D eigenvalue weighted by molar-refractivity contribution is 0.00882. The zero-order chi connectivity index (χ0) is 29.5. The van der Waals surface area contributed by atoms with Crippen LogP contribution in [0, 0.1) is 17.8 Å². The summed E-state index contributed by atoms with van der Waals surface area (Å²) in [5, 5.41) is 21.7. The molecule has 0 aromatic heterocycles. The molecule has 1 saturated carbocycles. The highest BCUT2D eigenvalue weighted by atomic mass is 35.5. The predicted octanol–water partition coefficient (Wildman–Crippen LogP) is 4.44. The molecule has 2 aliphatic carbocycles. The number of aryl methyl sites for hydroxylation is 1. The number of nitrogens with one attached hydrogen (secondary N) is 1. The maximum atomic E-state index is 13.3. The number of nitrogens with zero attached hydrogens (tertiary/aromatic N) is 1. The van der Waals surface area contributed by atoms with E-state index in [0.29, 0.717) is 44.1 Å². The van der Waals surface area contributed by atoms with E-state index in [-0.39, 0.29) is 29.3 Å². The van der Waals surface area contributed by atoms with Crippen molar-refractivity contribution in [3.05, 3.63) is 58.1 Å². The number of ether oxygens (including phenoxy) is 1. The zero-order valence-corrected chi connectivity index (χ0v) is 25.5. The Morgan fingerprint density at radius 2 is 1.90 bits per heavy atom. The molecule has 1 spiro atoms. The van der Waals surface area contributed by atoms with Crippen molar-refractivity contribution in [1.29, 1.82) is 0 Å². The summed E-state index contributed by atoms with van der Waals surface area (Å²) in [6, 6.07) is 11.3. The summed E-state index contributed by atoms with van der Waals surface area (Å²) >= 11 is 6.38. The summed E-state index contributed by atoms with van der Waals surface area (Å²) in [6.45, 7) is 1.63. The highest BCUT2D eigenvalue weighted by molar-refractivity contribution is 7.90. The van der Waals surface area contributed by atoms with Crippen LogP contribution in [0.2, 0.25) is 5.02 Å². The molecule has 5 atom stereocenters. The van der Waals surface area contributed by atoms with Crippen molar-refractivity contribution in [1.82, 2.24) is 4.72 Å². The standard InChI is InChI=1S/C32H41ClN2O6S/c33-25-9-11-27-22(14-25)5-3-13-32(27)19-35-16-24-7-10-26(24)29(37)6-2-1-4-21(17-36)18-42(39,40)34-31(38)23-8-12-30(41-20-32)28(35)15-23/h8-9,11-12,14-15,21,24,26,29,36-37H,1-7,10,13,16-20H2,(H,34,38)/t21-,24-,26+,29-,32-/m0/s1. The molecule has 0 unspecified atom stereocenters. The average Bonchev–Trinajstić information content (AvgIpc) is 3.08. The van der Waals surface area contributed by atoms with Gasteiger partial charge in [0.25, 0.3) is 5.91 Å². The van der Waals surface area contributed by atoms with Crippen molar-refractivity contribution in [2.45, 2.75) is 69.3 Å². The lowest BCUT2D eigenvalue weighted by Gasteiger charge is -2.45. The third kappa shape index (κ3) is 6.03. The van der Waals surface area contributed by atoms with Gasteiger partial charge in [0, 0.05) is 35.7 Å². The third-order valence-electron chi connectivity index (χ3n) is 10.0. The molecule has 4 aliphatic rings. The van der Waals surface area contributed by atoms with E-state index in [1.165, 1.54) is 11.1 Å². The largest absolute Gasteiger partial charge is 0.490 e. The maximum absolute atomic E-state index is 13.3. The molecule has 2 bridgehead atoms. The molecule has 228 valence electrons. The number of benzene rings is 2. The number of rotatable bonds is 1. The van der Waals surface area contributed by atoms with Gasteiger partial charge < -0.3 is 19.8 Å². The van der Waals surface area contributed by atoms with Gasteiger partial charge in [0.05, 0.1) is 24.2 Å². The Bertz CT molecular complexity index is 1430. The fraction of sp³-hybridized carbons (Fsp3) is 0.594. The summed E-state index contributed by atoms with van der Waals surface area (Å²) in [7, 11) is -3.96. The number of aliphatic hydroxyl groups is 2. The molecule has 0 radical (unpaired) electrons. The van der Waals surface area contributed by atoms with Crippen molar-refractivity contribution in [2.24, 2.45) is 17.8 Å². The Morgan fingerprint density at radius 3 is 2.69 bits per heavy atom. The van der Waals surface area contributed by atoms with Gasteiger partial charge in [-0.05, 0) is 104 Å². The Kier molecular flexibility index (Phi) is 8.48. The Morgan fingerprint density at radius 1 is 1.07 bits per heavy atom. The molecule has 3 N–H and O–H groups in total. The van der Waals surface area contributed by atoms with E-state index in [0.717, 1.165) is 55.8 Å². The van der Waals surface area contributed by atoms with Crippen LogP contribution in [-0.2, 0) is 21.9 Å². The number of aliphatic hydroxyl groups excluding tert-OH is 2. The molecule has 42 heavy (non-hydrogen) atoms. The highest BCUT2D eigenvalue weighted by Gasteiger charge is 2.44. The van der Waals surface area contributed by atoms with Crippen LogP contribution in [0.15, 0.2) is 36.4 Å². The molecule has 1 amide bonds. The summed E-state index contributed by atoms with van der Waals surface area (Å²) in [6.07, 6.45) is 7.19. The van der Waals surface area contributed by atoms with Gasteiger partial charge >= 0.3 is 0 Å². The van der Waals surface area contributed by atoms with Crippen LogP contribution in [0.5, 0.6) is 5.75 Å². The fourth-order valence-electron chi connectivity index (χ4n) is 7.65. The van der Waals surface area contributed by atoms with Crippen molar-refractivity contribution >= 4 is 33.2 Å². The van der Waals surface area contributed by atoms with Crippen LogP contribution >= 0.6 is 11.6 Å². The minimum Gasteiger partial charge on any atom is -0.490 e. The number of sulfonamides is 1. The monoisotopic (exact) mass is 616 g/mol. The molecule has 6 rings (SSSR count). The number of carbonyl (C=O) groups is 1. The van der Waals surface area contributed by atoms with Crippen LogP contribution in [0.1, 0.15) is 72.9 Å². The minimum atomic E-state index is -3.96. The molecule has 0 saturated heterocycles. The topological polar surface area (TPSA) is 116 Å². The summed E-state index contributed by atoms with van der Waals surface area (Å²) < 4.78 is 34.6. The molecule has 10 heteroatoms. The Hall–Kier alpha value is -2.33. The molecule has 2 aromatic rings. The Labute approximate surface area is 253 Å². The molecule has 2 heterocycles. The van der Waals surface area contributed by atoms with Crippen molar-refractivity contribution < 1.29 is 28.2 Å². The van der Waals surface area contributed by atoms with Crippen LogP contribution < -0.4 is 14.4 Å². The maximum Gasteiger partial charge on any atom is 0.264 e. The highest BCUT2D eigenvalue weighted by Crippen LogP contribution is 2.47. The number of fused-ring (bicyclic) bond motifs is 4. The second-order valence-electron chi connectivity index (χ2n) is 12.9. The van der Waals surface area contributed by atoms with Gasteiger partial charge in [0.2, 0.25) is 10.0 Å². The van der Waals surface area contributed by atoms with E-state index >= 15 is 0 Å². The van der Waals surface area contributed by atoms with Gasteiger partial charge in [0.1, 0.15) is 5.75 Å². The first-order chi connectivity index (χ1) is 20.2. The molecular formula is C32H41ClN2O6S. The number of carbonyl (C=O) groups excluding carboxylic acids is 1. The molecule has 2 aliphatic heterocycles. The van der Waals surface area contributed by atoms with Gasteiger partial charge in [-0.25, -0.2) is 13.1 Å². The Balaban J connectivity index is 1.38. The molecule has 8 nitrogen and oxygen atoms in total. The smallest absolute Gasteiger partial charge is 0.264 e. The number of hydrogen-bond donors (Lipinski definition) is 3. The van der Waals surface area contributed by atoms with E-state index in [2.05, 4.69) is 21.8 Å². The molecule has 1 fully saturated rings. The van der Waals surface area contributed by atoms with E-state index < -0.39 is 28.0 Å². The van der Waals surface area contributed by atoms with Crippen LogP contribution in [0.4, 0.5) is 5.69 Å². The average molecular weight is 617 g/mol. The lowest BCUT2D eigenvalue weighted by atomic mass is 9.68. The first kappa shape index (κ1) is 29.7. The van der Waals surface area contributed by atoms with Crippen molar-refractivity contribution in [2.75, 3.05) is 37.0 Å². The minimum absolute atomic E-state index is 0.196. The summed E-state index contributed by atoms with van der Waals surface area (Å²) in [5.74, 6) is -0.319. The predicted molar refractivity (Wildman–Crippen MR) is 163 cm³/mol. The number of amides is 1. The summed E-state index contributed by atoms with van der Waals surface area (Å²) in [4.78, 5) is 15.6. The number of halogens is 1. The van der Waals surface area contributed by atoms with Crippen LogP contribution in [0.3, 0.4) is 0 Å². The van der Waals surface area contributed by atoms with Gasteiger partial charge in [-0.1, -0.05) is 30.5 Å². The van der Waals surface area contributed by atoms with Crippen molar-refractivity contribution in [3.63, 3.8) is 0 Å². The SMILES string of the molecule is O=C1NS(=O)(=O)C[C@H](CO)CCCC[C@H](O)[C@@H]2CC[C@H]2CN2C[C@@]3(CCCc4cc(Cl)ccc43)COc3ccc1cc32. The molecule has 2 aromatic carbocycles. The van der Waals surface area contributed by atoms with E-state index in [1.807, 2.05) is 6.07 Å². The van der Waals surface area contributed by atoms with Gasteiger partial charge in [-0.15, -0.1) is 0 Å². The van der Waals surface area contributed by atoms with Crippen molar-refractivity contribution in [3.8, 4) is 5.75 Å². The van der Waals surface area contributed by atoms with Gasteiger partial charge in [-0.3, -0.25) is 4.79 Å². The lowest BCUT2D eigenvalue weighted by Crippen LogP contribution is -2.49. The van der Waals surface area contributed by atoms with Gasteiger partial charge in [0.15, 0.2) is 0 Å². The molecular weight excluding hydrogens is 576 g/mol. The first-order valence-corrected chi connectivity index (χ1v) is 17.3. The summed E-state index contributed by atoms with van der Waals surface area (Å²) in [5.41, 5.74) is 3.25.